The van der Waals surface area contributed by atoms with Crippen LogP contribution < -0.4 is 0 Å². The molecule has 2 saturated carbocycles. The van der Waals surface area contributed by atoms with Gasteiger partial charge in [-0.1, -0.05) is 103 Å². The van der Waals surface area contributed by atoms with Crippen LogP contribution in [0.25, 0.3) is 21.5 Å². The first kappa shape index (κ1) is 23.9. The second kappa shape index (κ2) is 9.29. The first-order valence-corrected chi connectivity index (χ1v) is 14.2. The van der Waals surface area contributed by atoms with Crippen LogP contribution in [0.3, 0.4) is 0 Å². The Kier molecular flexibility index (Phi) is 5.54. The third-order valence-corrected chi connectivity index (χ3v) is 9.68. The van der Waals surface area contributed by atoms with Crippen molar-refractivity contribution in [3.63, 3.8) is 0 Å². The van der Waals surface area contributed by atoms with Crippen LogP contribution in [-0.4, -0.2) is 23.3 Å². The van der Waals surface area contributed by atoms with Crippen molar-refractivity contribution in [2.45, 2.75) is 37.3 Å². The number of carbonyl (C=O) groups is 1. The fourth-order valence-corrected chi connectivity index (χ4v) is 8.07. The van der Waals surface area contributed by atoms with Gasteiger partial charge in [0.15, 0.2) is 6.29 Å². The molecule has 4 nitrogen and oxygen atoms in total. The van der Waals surface area contributed by atoms with Gasteiger partial charge < -0.3 is 14.6 Å². The number of hydrogen-bond acceptors (Lipinski definition) is 4. The molecule has 5 aromatic rings. The molecule has 198 valence electrons. The lowest BCUT2D eigenvalue weighted by molar-refractivity contribution is -0.187. The zero-order valence-corrected chi connectivity index (χ0v) is 22.0. The molecule has 0 aromatic heterocycles. The highest BCUT2D eigenvalue weighted by Gasteiger charge is 2.63. The summed E-state index contributed by atoms with van der Waals surface area (Å²) in [5.41, 5.74) is 4.09. The van der Waals surface area contributed by atoms with Crippen LogP contribution in [0.15, 0.2) is 109 Å². The molecule has 0 radical (unpaired) electrons. The Morgan fingerprint density at radius 3 is 2.23 bits per heavy atom. The Labute approximate surface area is 233 Å². The van der Waals surface area contributed by atoms with Gasteiger partial charge in [-0.25, -0.2) is 4.79 Å². The molecule has 8 rings (SSSR count). The zero-order valence-electron chi connectivity index (χ0n) is 22.0. The van der Waals surface area contributed by atoms with Crippen molar-refractivity contribution in [2.24, 2.45) is 17.8 Å². The summed E-state index contributed by atoms with van der Waals surface area (Å²) in [7, 11) is 0. The van der Waals surface area contributed by atoms with Crippen LogP contribution in [0.5, 0.6) is 0 Å². The van der Waals surface area contributed by atoms with E-state index in [9.17, 15) is 9.90 Å². The lowest BCUT2D eigenvalue weighted by atomic mass is 9.76. The summed E-state index contributed by atoms with van der Waals surface area (Å²) < 4.78 is 13.0. The number of fused-ring (bicyclic) bond motifs is 9. The number of benzene rings is 5. The van der Waals surface area contributed by atoms with Crippen LogP contribution in [0.2, 0.25) is 0 Å². The third-order valence-electron chi connectivity index (χ3n) is 9.68. The first-order chi connectivity index (χ1) is 19.7. The second-order valence-corrected chi connectivity index (χ2v) is 11.6. The maximum atomic E-state index is 13.7. The van der Waals surface area contributed by atoms with E-state index in [2.05, 4.69) is 24.3 Å². The fraction of sp³-hybridized carbons (Fsp3) is 0.250. The average molecular weight is 527 g/mol. The lowest BCUT2D eigenvalue weighted by Crippen LogP contribution is -2.44. The molecule has 7 unspecified atom stereocenters. The summed E-state index contributed by atoms with van der Waals surface area (Å²) in [5.74, 6) is 0.815. The molecular formula is C36H30O4. The highest BCUT2D eigenvalue weighted by Crippen LogP contribution is 2.63. The highest BCUT2D eigenvalue weighted by atomic mass is 16.6. The van der Waals surface area contributed by atoms with Crippen molar-refractivity contribution in [2.75, 3.05) is 0 Å². The van der Waals surface area contributed by atoms with Crippen molar-refractivity contribution in [1.82, 2.24) is 0 Å². The Morgan fingerprint density at radius 1 is 0.700 bits per heavy atom. The number of aliphatic hydroxyl groups excluding tert-OH is 1. The number of carbonyl (C=O) groups excluding carboxylic acids is 1. The number of rotatable bonds is 5. The van der Waals surface area contributed by atoms with Crippen molar-refractivity contribution < 1.29 is 19.4 Å². The van der Waals surface area contributed by atoms with Gasteiger partial charge in [0, 0.05) is 11.5 Å². The van der Waals surface area contributed by atoms with Crippen molar-refractivity contribution in [3.05, 3.63) is 131 Å². The molecule has 3 aliphatic carbocycles. The summed E-state index contributed by atoms with van der Waals surface area (Å²) >= 11 is 0. The molecule has 7 atom stereocenters. The average Bonchev–Trinajstić information content (AvgIpc) is 3.66. The lowest BCUT2D eigenvalue weighted by Gasteiger charge is -2.38. The van der Waals surface area contributed by atoms with Gasteiger partial charge in [-0.15, -0.1) is 0 Å². The Balaban J connectivity index is 1.15. The Bertz CT molecular complexity index is 1750. The molecule has 1 N–H and O–H groups in total. The molecule has 0 heterocycles. The molecule has 3 aliphatic rings. The Hall–Kier alpha value is -3.99. The molecule has 0 spiro atoms. The minimum absolute atomic E-state index is 0.175. The van der Waals surface area contributed by atoms with Crippen LogP contribution in [-0.2, 0) is 15.9 Å². The van der Waals surface area contributed by atoms with Crippen LogP contribution in [0, 0.1) is 17.8 Å². The van der Waals surface area contributed by atoms with Crippen LogP contribution >= 0.6 is 0 Å². The molecule has 2 fully saturated rings. The summed E-state index contributed by atoms with van der Waals surface area (Å²) in [5, 5.41) is 15.4. The van der Waals surface area contributed by atoms with E-state index in [1.807, 2.05) is 84.9 Å². The monoisotopic (exact) mass is 526 g/mol. The maximum Gasteiger partial charge on any atom is 0.339 e. The van der Waals surface area contributed by atoms with Crippen LogP contribution in [0.4, 0.5) is 0 Å². The molecule has 40 heavy (non-hydrogen) atoms. The maximum absolute atomic E-state index is 13.7. The molecule has 4 heteroatoms. The van der Waals surface area contributed by atoms with Gasteiger partial charge in [-0.2, -0.15) is 0 Å². The quantitative estimate of drug-likeness (QED) is 0.194. The van der Waals surface area contributed by atoms with E-state index in [1.54, 1.807) is 0 Å². The number of ether oxygens (including phenoxy) is 2. The highest BCUT2D eigenvalue weighted by molar-refractivity contribution is 6.04. The predicted octanol–water partition coefficient (Wildman–Crippen LogP) is 7.20. The van der Waals surface area contributed by atoms with E-state index in [0.29, 0.717) is 17.4 Å². The van der Waals surface area contributed by atoms with Crippen LogP contribution in [0.1, 0.15) is 45.7 Å². The smallest absolute Gasteiger partial charge is 0.339 e. The number of esters is 1. The zero-order chi connectivity index (χ0) is 26.8. The number of aliphatic hydroxyl groups is 1. The molecule has 5 aromatic carbocycles. The standard InChI is InChI=1S/C36H30O4/c37-35(27-17-7-12-21-9-1-4-14-24(21)27)39-33-30-20-31(32-26-16-6-3-11-23(26)19-29(30)32)34(33)40-36(38)28-18-8-13-22-10-2-5-15-25(22)28/h1-18,29-34,36,38H,19-20H2. The summed E-state index contributed by atoms with van der Waals surface area (Å²) in [6.07, 6.45) is -0.00115. The van der Waals surface area contributed by atoms with Gasteiger partial charge in [-0.05, 0) is 69.3 Å². The van der Waals surface area contributed by atoms with E-state index < -0.39 is 18.5 Å². The second-order valence-electron chi connectivity index (χ2n) is 11.6. The largest absolute Gasteiger partial charge is 0.456 e. The van der Waals surface area contributed by atoms with E-state index in [1.165, 1.54) is 11.1 Å². The first-order valence-electron chi connectivity index (χ1n) is 14.2. The van der Waals surface area contributed by atoms with E-state index >= 15 is 0 Å². The molecule has 0 amide bonds. The third kappa shape index (κ3) is 3.63. The van der Waals surface area contributed by atoms with Gasteiger partial charge in [0.25, 0.3) is 0 Å². The van der Waals surface area contributed by atoms with E-state index in [4.69, 9.17) is 9.47 Å². The Morgan fingerprint density at radius 2 is 1.38 bits per heavy atom. The van der Waals surface area contributed by atoms with Gasteiger partial charge >= 0.3 is 5.97 Å². The predicted molar refractivity (Wildman–Crippen MR) is 155 cm³/mol. The summed E-state index contributed by atoms with van der Waals surface area (Å²) in [4.78, 5) is 13.7. The molecule has 0 saturated heterocycles. The normalized spacial score (nSPS) is 27.0. The summed E-state index contributed by atoms with van der Waals surface area (Å²) in [6, 6.07) is 36.3. The topological polar surface area (TPSA) is 55.8 Å². The van der Waals surface area contributed by atoms with Gasteiger partial charge in [0.05, 0.1) is 5.56 Å². The van der Waals surface area contributed by atoms with Gasteiger partial charge in [0.2, 0.25) is 0 Å². The molecule has 2 bridgehead atoms. The molecule has 0 aliphatic heterocycles. The SMILES string of the molecule is O=C(OC1C2CC(C1OC(O)c1cccc3ccccc13)C1c3ccccc3CC21)c1cccc2ccccc12. The number of hydrogen-bond donors (Lipinski definition) is 1. The van der Waals surface area contributed by atoms with E-state index in [0.717, 1.165) is 39.9 Å². The van der Waals surface area contributed by atoms with Gasteiger partial charge in [-0.3, -0.25) is 0 Å². The van der Waals surface area contributed by atoms with Crippen molar-refractivity contribution in [3.8, 4) is 0 Å². The van der Waals surface area contributed by atoms with Crippen molar-refractivity contribution in [1.29, 1.82) is 0 Å². The minimum Gasteiger partial charge on any atom is -0.456 e. The summed E-state index contributed by atoms with van der Waals surface area (Å²) in [6.45, 7) is 0. The van der Waals surface area contributed by atoms with Gasteiger partial charge in [0.1, 0.15) is 12.2 Å². The fourth-order valence-electron chi connectivity index (χ4n) is 8.07. The minimum atomic E-state index is -1.12. The van der Waals surface area contributed by atoms with Crippen molar-refractivity contribution >= 4 is 27.5 Å². The van der Waals surface area contributed by atoms with E-state index in [-0.39, 0.29) is 17.8 Å². The molecular weight excluding hydrogens is 496 g/mol.